The molecule has 1 unspecified atom stereocenters. The maximum atomic E-state index is 11.4. The SMILES string of the molecule is CC(NC1CCS(=O)(=O)CC1)c1ccccc1[N+](=O)[O-]. The van der Waals surface area contributed by atoms with E-state index in [2.05, 4.69) is 5.32 Å². The lowest BCUT2D eigenvalue weighted by atomic mass is 10.0. The van der Waals surface area contributed by atoms with Crippen LogP contribution in [-0.4, -0.2) is 30.9 Å². The van der Waals surface area contributed by atoms with Gasteiger partial charge in [0.25, 0.3) is 5.69 Å². The van der Waals surface area contributed by atoms with Crippen LogP contribution in [0.3, 0.4) is 0 Å². The molecule has 0 radical (unpaired) electrons. The van der Waals surface area contributed by atoms with Gasteiger partial charge in [-0.3, -0.25) is 10.1 Å². The minimum Gasteiger partial charge on any atom is -0.307 e. The topological polar surface area (TPSA) is 89.3 Å². The zero-order valence-electron chi connectivity index (χ0n) is 11.3. The molecule has 1 aromatic rings. The number of sulfone groups is 1. The molecule has 20 heavy (non-hydrogen) atoms. The van der Waals surface area contributed by atoms with E-state index in [9.17, 15) is 18.5 Å². The average Bonchev–Trinajstić information content (AvgIpc) is 2.41. The number of nitrogens with zero attached hydrogens (tertiary/aromatic N) is 1. The van der Waals surface area contributed by atoms with Gasteiger partial charge in [0.15, 0.2) is 0 Å². The van der Waals surface area contributed by atoms with Gasteiger partial charge in [0, 0.05) is 23.7 Å². The summed E-state index contributed by atoms with van der Waals surface area (Å²) in [6, 6.07) is 6.54. The van der Waals surface area contributed by atoms with Crippen molar-refractivity contribution in [1.82, 2.24) is 5.32 Å². The fourth-order valence-electron chi connectivity index (χ4n) is 2.52. The average molecular weight is 298 g/mol. The lowest BCUT2D eigenvalue weighted by Gasteiger charge is -2.26. The smallest absolute Gasteiger partial charge is 0.274 e. The first kappa shape index (κ1) is 14.9. The Morgan fingerprint density at radius 1 is 1.30 bits per heavy atom. The summed E-state index contributed by atoms with van der Waals surface area (Å²) in [5.41, 5.74) is 0.724. The Morgan fingerprint density at radius 2 is 1.90 bits per heavy atom. The zero-order valence-corrected chi connectivity index (χ0v) is 12.1. The molecule has 0 bridgehead atoms. The molecule has 1 aromatic carbocycles. The Morgan fingerprint density at radius 3 is 2.50 bits per heavy atom. The van der Waals surface area contributed by atoms with Gasteiger partial charge in [-0.25, -0.2) is 8.42 Å². The molecule has 110 valence electrons. The zero-order chi connectivity index (χ0) is 14.8. The van der Waals surface area contributed by atoms with Crippen molar-refractivity contribution >= 4 is 15.5 Å². The second-order valence-corrected chi connectivity index (χ2v) is 7.43. The van der Waals surface area contributed by atoms with Gasteiger partial charge < -0.3 is 5.32 Å². The summed E-state index contributed by atoms with van der Waals surface area (Å²) in [7, 11) is -2.89. The van der Waals surface area contributed by atoms with Crippen LogP contribution in [0, 0.1) is 10.1 Å². The maximum absolute atomic E-state index is 11.4. The summed E-state index contributed by atoms with van der Waals surface area (Å²) < 4.78 is 22.8. The molecule has 1 heterocycles. The summed E-state index contributed by atoms with van der Waals surface area (Å²) in [5.74, 6) is 0.378. The van der Waals surface area contributed by atoms with E-state index >= 15 is 0 Å². The van der Waals surface area contributed by atoms with Crippen LogP contribution in [0.4, 0.5) is 5.69 Å². The first-order valence-corrected chi connectivity index (χ1v) is 8.41. The lowest BCUT2D eigenvalue weighted by molar-refractivity contribution is -0.385. The van der Waals surface area contributed by atoms with Crippen molar-refractivity contribution in [3.8, 4) is 0 Å². The number of rotatable bonds is 4. The summed E-state index contributed by atoms with van der Waals surface area (Å²) in [6.45, 7) is 1.87. The van der Waals surface area contributed by atoms with E-state index in [-0.39, 0.29) is 29.3 Å². The molecular weight excluding hydrogens is 280 g/mol. The van der Waals surface area contributed by atoms with Crippen LogP contribution in [-0.2, 0) is 9.84 Å². The van der Waals surface area contributed by atoms with Gasteiger partial charge in [-0.1, -0.05) is 18.2 Å². The van der Waals surface area contributed by atoms with E-state index in [4.69, 9.17) is 0 Å². The normalized spacial score (nSPS) is 20.4. The minimum absolute atomic E-state index is 0.0911. The molecule has 1 aliphatic heterocycles. The Bertz CT molecular complexity index is 586. The molecule has 1 fully saturated rings. The van der Waals surface area contributed by atoms with E-state index in [0.29, 0.717) is 18.4 Å². The number of nitro groups is 1. The Hall–Kier alpha value is -1.47. The summed E-state index contributed by atoms with van der Waals surface area (Å²) in [4.78, 5) is 10.6. The highest BCUT2D eigenvalue weighted by atomic mass is 32.2. The third-order valence-corrected chi connectivity index (χ3v) is 5.36. The monoisotopic (exact) mass is 298 g/mol. The summed E-state index contributed by atoms with van der Waals surface area (Å²) in [5, 5.41) is 14.3. The van der Waals surface area contributed by atoms with E-state index in [1.807, 2.05) is 6.92 Å². The molecule has 0 saturated carbocycles. The van der Waals surface area contributed by atoms with Crippen molar-refractivity contribution in [1.29, 1.82) is 0 Å². The highest BCUT2D eigenvalue weighted by molar-refractivity contribution is 7.91. The van der Waals surface area contributed by atoms with Gasteiger partial charge in [0.1, 0.15) is 9.84 Å². The fourth-order valence-corrected chi connectivity index (χ4v) is 4.01. The lowest BCUT2D eigenvalue weighted by Crippen LogP contribution is -2.38. The van der Waals surface area contributed by atoms with Crippen molar-refractivity contribution in [2.45, 2.75) is 31.8 Å². The molecule has 0 amide bonds. The third-order valence-electron chi connectivity index (χ3n) is 3.64. The number of nitrogens with one attached hydrogen (secondary N) is 1. The number of benzene rings is 1. The first-order valence-electron chi connectivity index (χ1n) is 6.59. The fraction of sp³-hybridized carbons (Fsp3) is 0.538. The van der Waals surface area contributed by atoms with Crippen molar-refractivity contribution in [3.05, 3.63) is 39.9 Å². The van der Waals surface area contributed by atoms with Crippen molar-refractivity contribution in [2.24, 2.45) is 0 Å². The maximum Gasteiger partial charge on any atom is 0.274 e. The molecule has 1 saturated heterocycles. The van der Waals surface area contributed by atoms with Crippen molar-refractivity contribution in [3.63, 3.8) is 0 Å². The number of para-hydroxylation sites is 1. The van der Waals surface area contributed by atoms with Crippen molar-refractivity contribution in [2.75, 3.05) is 11.5 Å². The largest absolute Gasteiger partial charge is 0.307 e. The summed E-state index contributed by atoms with van der Waals surface area (Å²) in [6.07, 6.45) is 1.13. The van der Waals surface area contributed by atoms with E-state index < -0.39 is 14.8 Å². The van der Waals surface area contributed by atoms with E-state index in [1.54, 1.807) is 18.2 Å². The number of hydrogen-bond acceptors (Lipinski definition) is 5. The highest BCUT2D eigenvalue weighted by Crippen LogP contribution is 2.26. The van der Waals surface area contributed by atoms with Crippen molar-refractivity contribution < 1.29 is 13.3 Å². The molecule has 1 aliphatic rings. The van der Waals surface area contributed by atoms with Gasteiger partial charge in [0.05, 0.1) is 16.4 Å². The summed E-state index contributed by atoms with van der Waals surface area (Å²) >= 11 is 0. The van der Waals surface area contributed by atoms with Crippen LogP contribution < -0.4 is 5.32 Å². The van der Waals surface area contributed by atoms with Gasteiger partial charge in [0.2, 0.25) is 0 Å². The second kappa shape index (κ2) is 5.88. The van der Waals surface area contributed by atoms with Gasteiger partial charge in [-0.2, -0.15) is 0 Å². The highest BCUT2D eigenvalue weighted by Gasteiger charge is 2.26. The minimum atomic E-state index is -2.89. The van der Waals surface area contributed by atoms with Crippen LogP contribution in [0.25, 0.3) is 0 Å². The van der Waals surface area contributed by atoms with Crippen LogP contribution in [0.1, 0.15) is 31.4 Å². The van der Waals surface area contributed by atoms with Gasteiger partial charge in [-0.15, -0.1) is 0 Å². The second-order valence-electron chi connectivity index (χ2n) is 5.13. The quantitative estimate of drug-likeness (QED) is 0.676. The van der Waals surface area contributed by atoms with Gasteiger partial charge in [-0.05, 0) is 19.8 Å². The molecule has 7 heteroatoms. The third kappa shape index (κ3) is 3.55. The number of nitro benzene ring substituents is 1. The molecular formula is C13H18N2O4S. The molecule has 0 aliphatic carbocycles. The van der Waals surface area contributed by atoms with E-state index in [1.165, 1.54) is 6.07 Å². The predicted octanol–water partition coefficient (Wildman–Crippen LogP) is 1.82. The first-order chi connectivity index (χ1) is 9.39. The molecule has 0 aromatic heterocycles. The van der Waals surface area contributed by atoms with Gasteiger partial charge >= 0.3 is 0 Å². The van der Waals surface area contributed by atoms with Crippen LogP contribution in [0.2, 0.25) is 0 Å². The molecule has 6 nitrogen and oxygen atoms in total. The Labute approximate surface area is 118 Å². The standard InChI is InChI=1S/C13H18N2O4S/c1-10(12-4-2-3-5-13(12)15(16)17)14-11-6-8-20(18,19)9-7-11/h2-5,10-11,14H,6-9H2,1H3. The molecule has 1 N–H and O–H groups in total. The Kier molecular flexibility index (Phi) is 4.39. The number of hydrogen-bond donors (Lipinski definition) is 1. The Balaban J connectivity index is 2.06. The molecule has 0 spiro atoms. The molecule has 1 atom stereocenters. The van der Waals surface area contributed by atoms with Crippen LogP contribution >= 0.6 is 0 Å². The molecule has 2 rings (SSSR count). The van der Waals surface area contributed by atoms with E-state index in [0.717, 1.165) is 0 Å². The van der Waals surface area contributed by atoms with Crippen LogP contribution in [0.5, 0.6) is 0 Å². The van der Waals surface area contributed by atoms with Crippen LogP contribution in [0.15, 0.2) is 24.3 Å². The predicted molar refractivity (Wildman–Crippen MR) is 76.3 cm³/mol.